The van der Waals surface area contributed by atoms with Crippen LogP contribution in [0.2, 0.25) is 5.02 Å². The van der Waals surface area contributed by atoms with Crippen LogP contribution in [-0.4, -0.2) is 10.1 Å². The Balaban J connectivity index is 2.86. The smallest absolute Gasteiger partial charge is 0.0957 e. The SMILES string of the molecule is CC[C@H](O)c1cc(Cl)ccn1. The molecule has 60 valence electrons. The molecule has 1 atom stereocenters. The Morgan fingerprint density at radius 2 is 2.45 bits per heavy atom. The van der Waals surface area contributed by atoms with Crippen molar-refractivity contribution < 1.29 is 5.11 Å². The predicted molar refractivity (Wildman–Crippen MR) is 44.5 cm³/mol. The molecule has 0 saturated heterocycles. The van der Waals surface area contributed by atoms with E-state index in [0.717, 1.165) is 0 Å². The Bertz CT molecular complexity index is 239. The van der Waals surface area contributed by atoms with Gasteiger partial charge in [-0.05, 0) is 18.6 Å². The van der Waals surface area contributed by atoms with E-state index in [9.17, 15) is 5.11 Å². The summed E-state index contributed by atoms with van der Waals surface area (Å²) in [6, 6.07) is 3.36. The van der Waals surface area contributed by atoms with E-state index in [1.54, 1.807) is 18.3 Å². The molecule has 2 nitrogen and oxygen atoms in total. The van der Waals surface area contributed by atoms with Crippen LogP contribution >= 0.6 is 11.6 Å². The standard InChI is InChI=1S/C8H10ClNO/c1-2-8(11)7-5-6(9)3-4-10-7/h3-5,8,11H,2H2,1H3/t8-/m0/s1. The molecule has 0 aromatic carbocycles. The fourth-order valence-electron chi connectivity index (χ4n) is 0.813. The number of rotatable bonds is 2. The van der Waals surface area contributed by atoms with E-state index in [1.165, 1.54) is 0 Å². The zero-order chi connectivity index (χ0) is 8.27. The van der Waals surface area contributed by atoms with Gasteiger partial charge in [-0.1, -0.05) is 18.5 Å². The topological polar surface area (TPSA) is 33.1 Å². The summed E-state index contributed by atoms with van der Waals surface area (Å²) in [4.78, 5) is 3.98. The zero-order valence-corrected chi connectivity index (χ0v) is 7.04. The van der Waals surface area contributed by atoms with Crippen molar-refractivity contribution >= 4 is 11.6 Å². The van der Waals surface area contributed by atoms with Gasteiger partial charge in [0.15, 0.2) is 0 Å². The number of pyridine rings is 1. The molecule has 11 heavy (non-hydrogen) atoms. The largest absolute Gasteiger partial charge is 0.387 e. The zero-order valence-electron chi connectivity index (χ0n) is 6.29. The lowest BCUT2D eigenvalue weighted by atomic mass is 10.2. The summed E-state index contributed by atoms with van der Waals surface area (Å²) in [6.07, 6.45) is 1.76. The van der Waals surface area contributed by atoms with Gasteiger partial charge in [0, 0.05) is 11.2 Å². The maximum atomic E-state index is 9.33. The highest BCUT2D eigenvalue weighted by molar-refractivity contribution is 6.30. The van der Waals surface area contributed by atoms with Crippen molar-refractivity contribution in [3.8, 4) is 0 Å². The normalized spacial score (nSPS) is 13.0. The monoisotopic (exact) mass is 171 g/mol. The van der Waals surface area contributed by atoms with Crippen molar-refractivity contribution in [1.29, 1.82) is 0 Å². The third kappa shape index (κ3) is 2.17. The van der Waals surface area contributed by atoms with Gasteiger partial charge in [0.05, 0.1) is 11.8 Å². The molecule has 1 aromatic heterocycles. The second-order valence-electron chi connectivity index (χ2n) is 2.32. The van der Waals surface area contributed by atoms with Gasteiger partial charge in [0.1, 0.15) is 0 Å². The summed E-state index contributed by atoms with van der Waals surface area (Å²) < 4.78 is 0. The van der Waals surface area contributed by atoms with Gasteiger partial charge in [-0.2, -0.15) is 0 Å². The van der Waals surface area contributed by atoms with Crippen LogP contribution < -0.4 is 0 Å². The van der Waals surface area contributed by atoms with Crippen molar-refractivity contribution in [1.82, 2.24) is 4.98 Å². The van der Waals surface area contributed by atoms with Gasteiger partial charge < -0.3 is 5.11 Å². The van der Waals surface area contributed by atoms with Gasteiger partial charge in [0.2, 0.25) is 0 Å². The maximum Gasteiger partial charge on any atom is 0.0957 e. The molecule has 3 heteroatoms. The number of hydrogen-bond donors (Lipinski definition) is 1. The number of aromatic nitrogens is 1. The van der Waals surface area contributed by atoms with E-state index in [1.807, 2.05) is 6.92 Å². The number of aliphatic hydroxyl groups excluding tert-OH is 1. The molecule has 1 N–H and O–H groups in total. The van der Waals surface area contributed by atoms with E-state index >= 15 is 0 Å². The van der Waals surface area contributed by atoms with E-state index in [4.69, 9.17) is 11.6 Å². The van der Waals surface area contributed by atoms with E-state index in [2.05, 4.69) is 4.98 Å². The van der Waals surface area contributed by atoms with E-state index < -0.39 is 6.10 Å². The average molecular weight is 172 g/mol. The predicted octanol–water partition coefficient (Wildman–Crippen LogP) is 2.18. The second kappa shape index (κ2) is 3.69. The third-order valence-corrected chi connectivity index (χ3v) is 1.71. The second-order valence-corrected chi connectivity index (χ2v) is 2.76. The molecule has 0 aliphatic heterocycles. The first kappa shape index (κ1) is 8.50. The van der Waals surface area contributed by atoms with Crippen LogP contribution in [0.15, 0.2) is 18.3 Å². The van der Waals surface area contributed by atoms with Crippen LogP contribution in [0.4, 0.5) is 0 Å². The van der Waals surface area contributed by atoms with Crippen LogP contribution in [0, 0.1) is 0 Å². The van der Waals surface area contributed by atoms with Crippen LogP contribution in [0.25, 0.3) is 0 Å². The van der Waals surface area contributed by atoms with Gasteiger partial charge in [0.25, 0.3) is 0 Å². The van der Waals surface area contributed by atoms with Gasteiger partial charge in [-0.3, -0.25) is 4.98 Å². The summed E-state index contributed by atoms with van der Waals surface area (Å²) >= 11 is 5.69. The molecule has 0 spiro atoms. The highest BCUT2D eigenvalue weighted by Gasteiger charge is 2.05. The van der Waals surface area contributed by atoms with E-state index in [-0.39, 0.29) is 0 Å². The molecule has 0 fully saturated rings. The third-order valence-electron chi connectivity index (χ3n) is 1.47. The fourth-order valence-corrected chi connectivity index (χ4v) is 0.981. The number of nitrogens with zero attached hydrogens (tertiary/aromatic N) is 1. The molecular weight excluding hydrogens is 162 g/mol. The molecule has 1 rings (SSSR count). The molecule has 0 aliphatic rings. The summed E-state index contributed by atoms with van der Waals surface area (Å²) in [5.74, 6) is 0. The Labute approximate surface area is 70.8 Å². The van der Waals surface area contributed by atoms with Gasteiger partial charge in [-0.25, -0.2) is 0 Å². The highest BCUT2D eigenvalue weighted by Crippen LogP contribution is 2.16. The molecule has 0 bridgehead atoms. The number of halogens is 1. The Hall–Kier alpha value is -0.600. The quantitative estimate of drug-likeness (QED) is 0.740. The summed E-state index contributed by atoms with van der Waals surface area (Å²) in [5.41, 5.74) is 0.639. The van der Waals surface area contributed by atoms with Crippen LogP contribution in [0.5, 0.6) is 0 Å². The van der Waals surface area contributed by atoms with Crippen molar-refractivity contribution in [2.24, 2.45) is 0 Å². The summed E-state index contributed by atoms with van der Waals surface area (Å²) in [7, 11) is 0. The van der Waals surface area contributed by atoms with Crippen molar-refractivity contribution in [3.05, 3.63) is 29.0 Å². The minimum absolute atomic E-state index is 0.492. The Morgan fingerprint density at radius 1 is 1.73 bits per heavy atom. The lowest BCUT2D eigenvalue weighted by Crippen LogP contribution is -1.97. The van der Waals surface area contributed by atoms with Crippen molar-refractivity contribution in [2.45, 2.75) is 19.4 Å². The number of aliphatic hydroxyl groups is 1. The Kier molecular flexibility index (Phi) is 2.85. The molecule has 0 aliphatic carbocycles. The van der Waals surface area contributed by atoms with Crippen LogP contribution in [0.1, 0.15) is 25.1 Å². The van der Waals surface area contributed by atoms with Crippen LogP contribution in [-0.2, 0) is 0 Å². The molecule has 0 unspecified atom stereocenters. The fraction of sp³-hybridized carbons (Fsp3) is 0.375. The summed E-state index contributed by atoms with van der Waals surface area (Å²) in [5, 5.41) is 9.95. The Morgan fingerprint density at radius 3 is 3.00 bits per heavy atom. The maximum absolute atomic E-state index is 9.33. The van der Waals surface area contributed by atoms with E-state index in [0.29, 0.717) is 17.1 Å². The number of hydrogen-bond acceptors (Lipinski definition) is 2. The van der Waals surface area contributed by atoms with Crippen molar-refractivity contribution in [3.63, 3.8) is 0 Å². The molecule has 1 aromatic rings. The molecular formula is C8H10ClNO. The minimum Gasteiger partial charge on any atom is -0.387 e. The van der Waals surface area contributed by atoms with Gasteiger partial charge in [-0.15, -0.1) is 0 Å². The molecule has 0 radical (unpaired) electrons. The molecule has 0 saturated carbocycles. The lowest BCUT2D eigenvalue weighted by molar-refractivity contribution is 0.169. The minimum atomic E-state index is -0.492. The van der Waals surface area contributed by atoms with Crippen molar-refractivity contribution in [2.75, 3.05) is 0 Å². The first-order valence-electron chi connectivity index (χ1n) is 3.53. The summed E-state index contributed by atoms with van der Waals surface area (Å²) in [6.45, 7) is 1.90. The molecule has 1 heterocycles. The highest BCUT2D eigenvalue weighted by atomic mass is 35.5. The van der Waals surface area contributed by atoms with Crippen LogP contribution in [0.3, 0.4) is 0 Å². The first-order chi connectivity index (χ1) is 5.24. The molecule has 0 amide bonds. The van der Waals surface area contributed by atoms with Gasteiger partial charge >= 0.3 is 0 Å². The lowest BCUT2D eigenvalue weighted by Gasteiger charge is -2.05. The first-order valence-corrected chi connectivity index (χ1v) is 3.91. The average Bonchev–Trinajstić information content (AvgIpc) is 2.03.